The maximum absolute atomic E-state index is 14.0. The highest BCUT2D eigenvalue weighted by atomic mass is 35.5. The van der Waals surface area contributed by atoms with Gasteiger partial charge >= 0.3 is 0 Å². The Morgan fingerprint density at radius 2 is 1.87 bits per heavy atom. The average molecular weight is 545 g/mol. The van der Waals surface area contributed by atoms with Gasteiger partial charge in [0.15, 0.2) is 17.3 Å². The van der Waals surface area contributed by atoms with Crippen molar-refractivity contribution < 1.29 is 23.8 Å². The maximum atomic E-state index is 14.0. The van der Waals surface area contributed by atoms with Gasteiger partial charge in [0.1, 0.15) is 5.69 Å². The number of carbonyl (C=O) groups excluding carboxylic acids is 2. The van der Waals surface area contributed by atoms with E-state index in [9.17, 15) is 9.59 Å². The highest BCUT2D eigenvalue weighted by Crippen LogP contribution is 2.47. The van der Waals surface area contributed by atoms with E-state index in [0.29, 0.717) is 46.6 Å². The quantitative estimate of drug-likeness (QED) is 0.186. The molecular formula is C28H26BClN4O5. The van der Waals surface area contributed by atoms with Gasteiger partial charge in [0.2, 0.25) is 13.6 Å². The number of alkyl halides is 1. The average Bonchev–Trinajstić information content (AvgIpc) is 3.55. The number of rotatable bonds is 8. The number of aromatic amines is 1. The second-order valence-electron chi connectivity index (χ2n) is 8.99. The lowest BCUT2D eigenvalue weighted by atomic mass is 9.95. The number of H-pyrrole nitrogens is 1. The first-order chi connectivity index (χ1) is 18.9. The zero-order valence-electron chi connectivity index (χ0n) is 21.7. The van der Waals surface area contributed by atoms with Crippen LogP contribution in [0.3, 0.4) is 0 Å². The fraction of sp³-hybridized carbons (Fsp3) is 0.250. The van der Waals surface area contributed by atoms with E-state index in [4.69, 9.17) is 33.7 Å². The van der Waals surface area contributed by atoms with E-state index >= 15 is 0 Å². The van der Waals surface area contributed by atoms with Crippen molar-refractivity contribution in [3.05, 3.63) is 53.7 Å². The van der Waals surface area contributed by atoms with Crippen molar-refractivity contribution in [2.45, 2.75) is 5.92 Å². The molecule has 2 amide bonds. The monoisotopic (exact) mass is 544 g/mol. The molecule has 2 heterocycles. The summed E-state index contributed by atoms with van der Waals surface area (Å²) >= 11 is 6.42. The van der Waals surface area contributed by atoms with Crippen LogP contribution in [0.2, 0.25) is 0 Å². The van der Waals surface area contributed by atoms with Gasteiger partial charge in [-0.1, -0.05) is 24.3 Å². The summed E-state index contributed by atoms with van der Waals surface area (Å²) in [6.45, 7) is 0.592. The van der Waals surface area contributed by atoms with Crippen LogP contribution in [0.1, 0.15) is 22.0 Å². The summed E-state index contributed by atoms with van der Waals surface area (Å²) in [7, 11) is 9.77. The molecule has 1 aliphatic heterocycles. The molecule has 0 fully saturated rings. The maximum Gasteiger partial charge on any atom is 0.274 e. The number of methoxy groups -OCH3 is 3. The van der Waals surface area contributed by atoms with Crippen molar-refractivity contribution in [2.75, 3.05) is 45.2 Å². The van der Waals surface area contributed by atoms with Gasteiger partial charge in [-0.15, -0.1) is 11.6 Å². The third-order valence-corrected chi connectivity index (χ3v) is 7.20. The standard InChI is InChI=1S/C28H26BClN4O5/c1-37-22-11-15-10-20(33-24(15)26(39-3)25(22)38-2)27(35)34-14-16(13-30)23-18-7-5-4-6-17(18)19(12-21(23)34)31-8-9-32-28(29)36/h4-8,10-12,16,33H,9,13-14H2,1-3H3,(H,32,36). The van der Waals surface area contributed by atoms with E-state index in [1.165, 1.54) is 14.2 Å². The summed E-state index contributed by atoms with van der Waals surface area (Å²) in [6.07, 6.45) is 1.57. The van der Waals surface area contributed by atoms with E-state index < -0.39 is 5.81 Å². The van der Waals surface area contributed by atoms with Gasteiger partial charge < -0.3 is 29.4 Å². The molecule has 0 aliphatic carbocycles. The summed E-state index contributed by atoms with van der Waals surface area (Å²) in [4.78, 5) is 34.5. The van der Waals surface area contributed by atoms with Gasteiger partial charge in [-0.3, -0.25) is 14.6 Å². The lowest BCUT2D eigenvalue weighted by Gasteiger charge is -2.18. The lowest BCUT2D eigenvalue weighted by molar-refractivity contribution is 0.0984. The number of hydrogen-bond donors (Lipinski definition) is 2. The Morgan fingerprint density at radius 3 is 2.54 bits per heavy atom. The molecule has 39 heavy (non-hydrogen) atoms. The molecule has 9 nitrogen and oxygen atoms in total. The molecule has 0 bridgehead atoms. The van der Waals surface area contributed by atoms with Gasteiger partial charge in [0.05, 0.1) is 44.8 Å². The molecule has 198 valence electrons. The molecule has 0 saturated heterocycles. The van der Waals surface area contributed by atoms with Crippen molar-refractivity contribution in [1.82, 2.24) is 10.3 Å². The van der Waals surface area contributed by atoms with Crippen LogP contribution in [0.15, 0.2) is 47.5 Å². The van der Waals surface area contributed by atoms with Gasteiger partial charge in [-0.2, -0.15) is 0 Å². The highest BCUT2D eigenvalue weighted by Gasteiger charge is 2.35. The molecule has 11 heteroatoms. The zero-order valence-corrected chi connectivity index (χ0v) is 22.5. The molecule has 4 aromatic rings. The van der Waals surface area contributed by atoms with Gasteiger partial charge in [0.25, 0.3) is 5.91 Å². The molecule has 1 aliphatic rings. The fourth-order valence-electron chi connectivity index (χ4n) is 5.15. The summed E-state index contributed by atoms with van der Waals surface area (Å²) in [5.74, 6) is 0.798. The number of nitrogens with one attached hydrogen (secondary N) is 2. The first kappa shape index (κ1) is 26.4. The van der Waals surface area contributed by atoms with Crippen molar-refractivity contribution in [1.29, 1.82) is 0 Å². The van der Waals surface area contributed by atoms with Crippen LogP contribution < -0.4 is 24.4 Å². The summed E-state index contributed by atoms with van der Waals surface area (Å²) in [6, 6.07) is 13.3. The highest BCUT2D eigenvalue weighted by molar-refractivity contribution is 6.57. The Bertz CT molecular complexity index is 1620. The molecule has 1 aromatic heterocycles. The molecule has 0 saturated carbocycles. The van der Waals surface area contributed by atoms with Crippen LogP contribution in [0.5, 0.6) is 17.2 Å². The number of aromatic nitrogens is 1. The molecule has 1 unspecified atom stereocenters. The van der Waals surface area contributed by atoms with Crippen LogP contribution in [-0.2, 0) is 0 Å². The molecule has 2 radical (unpaired) electrons. The van der Waals surface area contributed by atoms with Crippen molar-refractivity contribution >= 4 is 70.4 Å². The second-order valence-corrected chi connectivity index (χ2v) is 9.30. The number of carbonyl (C=O) groups is 2. The fourth-order valence-corrected chi connectivity index (χ4v) is 5.40. The Kier molecular flexibility index (Phi) is 7.39. The number of hydrogen-bond acceptors (Lipinski definition) is 6. The molecular weight excluding hydrogens is 519 g/mol. The van der Waals surface area contributed by atoms with Crippen molar-refractivity contribution in [2.24, 2.45) is 4.99 Å². The van der Waals surface area contributed by atoms with E-state index in [1.54, 1.807) is 30.4 Å². The van der Waals surface area contributed by atoms with E-state index in [2.05, 4.69) is 15.3 Å². The second kappa shape index (κ2) is 10.9. The molecule has 2 N–H and O–H groups in total. The number of benzene rings is 3. The Balaban J connectivity index is 1.61. The number of amides is 2. The van der Waals surface area contributed by atoms with Crippen molar-refractivity contribution in [3.63, 3.8) is 0 Å². The molecule has 1 atom stereocenters. The Morgan fingerprint density at radius 1 is 1.13 bits per heavy atom. The first-order valence-corrected chi connectivity index (χ1v) is 12.8. The summed E-state index contributed by atoms with van der Waals surface area (Å²) in [5, 5.41) is 5.13. The van der Waals surface area contributed by atoms with Gasteiger partial charge in [0, 0.05) is 35.3 Å². The summed E-state index contributed by atoms with van der Waals surface area (Å²) in [5.41, 5.74) is 3.40. The number of ether oxygens (including phenoxy) is 3. The minimum atomic E-state index is -0.632. The van der Waals surface area contributed by atoms with Gasteiger partial charge in [-0.25, -0.2) is 0 Å². The largest absolute Gasteiger partial charge is 0.493 e. The molecule has 0 spiro atoms. The SMILES string of the molecule is [B]C(=O)NCC=Nc1cc2c(c3ccccc13)C(CCl)CN2C(=O)c1cc2cc(OC)c(OC)c(OC)c2[nH]1. The van der Waals surface area contributed by atoms with E-state index in [0.717, 1.165) is 27.4 Å². The number of anilines is 1. The normalized spacial score (nSPS) is 14.7. The van der Waals surface area contributed by atoms with Crippen molar-refractivity contribution in [3.8, 4) is 17.2 Å². The first-order valence-electron chi connectivity index (χ1n) is 12.2. The predicted molar refractivity (Wildman–Crippen MR) is 154 cm³/mol. The minimum absolute atomic E-state index is 0.0656. The Labute approximate surface area is 231 Å². The van der Waals surface area contributed by atoms with Gasteiger partial charge in [-0.05, 0) is 29.1 Å². The van der Waals surface area contributed by atoms with Crippen LogP contribution in [0, 0.1) is 0 Å². The van der Waals surface area contributed by atoms with Crippen LogP contribution >= 0.6 is 11.6 Å². The third-order valence-electron chi connectivity index (χ3n) is 6.82. The number of fused-ring (bicyclic) bond motifs is 4. The minimum Gasteiger partial charge on any atom is -0.493 e. The smallest absolute Gasteiger partial charge is 0.274 e. The predicted octanol–water partition coefficient (Wildman–Crippen LogP) is 4.91. The molecule has 3 aromatic carbocycles. The van der Waals surface area contributed by atoms with E-state index in [1.807, 2.05) is 30.3 Å². The molecule has 5 rings (SSSR count). The zero-order chi connectivity index (χ0) is 27.7. The number of nitrogens with zero attached hydrogens (tertiary/aromatic N) is 2. The third kappa shape index (κ3) is 4.65. The Hall–Kier alpha value is -4.18. The van der Waals surface area contributed by atoms with Crippen LogP contribution in [0.25, 0.3) is 21.7 Å². The lowest BCUT2D eigenvalue weighted by Crippen LogP contribution is -2.30. The van der Waals surface area contributed by atoms with E-state index in [-0.39, 0.29) is 18.4 Å². The van der Waals surface area contributed by atoms with Crippen LogP contribution in [-0.4, -0.2) is 71.1 Å². The number of aliphatic imine (C=N–C) groups is 1. The van der Waals surface area contributed by atoms with Crippen LogP contribution in [0.4, 0.5) is 16.2 Å². The number of halogens is 1. The topological polar surface area (TPSA) is 105 Å². The summed E-state index contributed by atoms with van der Waals surface area (Å²) < 4.78 is 16.6.